The van der Waals surface area contributed by atoms with Crippen molar-refractivity contribution in [1.29, 1.82) is 0 Å². The molecular formula is C32H46N8O4. The fourth-order valence-electron chi connectivity index (χ4n) is 6.78. The lowest BCUT2D eigenvalue weighted by Gasteiger charge is -2.44. The van der Waals surface area contributed by atoms with E-state index >= 15 is 0 Å². The SMILES string of the molecule is CCN(C[C@H]1O[C@@H](n2cnc3c(N)ncnc32)[C@@H]2OC(C)(C)O[C@@H]21)C1CC(CCC(=O)Nc2ccc(C(C)(C)C)cc2N)C1. The zero-order valence-electron chi connectivity index (χ0n) is 26.6. The molecule has 0 radical (unpaired) electrons. The van der Waals surface area contributed by atoms with Gasteiger partial charge in [0.15, 0.2) is 23.5 Å². The summed E-state index contributed by atoms with van der Waals surface area (Å²) in [4.78, 5) is 28.1. The van der Waals surface area contributed by atoms with Crippen molar-refractivity contribution in [3.63, 3.8) is 0 Å². The van der Waals surface area contributed by atoms with Gasteiger partial charge in [0.1, 0.15) is 30.2 Å². The van der Waals surface area contributed by atoms with Crippen molar-refractivity contribution in [3.8, 4) is 0 Å². The van der Waals surface area contributed by atoms with Crippen LogP contribution >= 0.6 is 0 Å². The largest absolute Gasteiger partial charge is 0.397 e. The fraction of sp³-hybridized carbons (Fsp3) is 0.625. The molecular weight excluding hydrogens is 560 g/mol. The number of aromatic nitrogens is 4. The minimum absolute atomic E-state index is 0.00493. The van der Waals surface area contributed by atoms with E-state index in [0.717, 1.165) is 37.9 Å². The van der Waals surface area contributed by atoms with Gasteiger partial charge in [-0.15, -0.1) is 0 Å². The van der Waals surface area contributed by atoms with Crippen LogP contribution in [0, 0.1) is 5.92 Å². The number of amides is 1. The number of anilines is 3. The van der Waals surface area contributed by atoms with E-state index in [2.05, 4.69) is 52.9 Å². The number of hydrogen-bond donors (Lipinski definition) is 3. The Morgan fingerprint density at radius 3 is 2.59 bits per heavy atom. The lowest BCUT2D eigenvalue weighted by Crippen LogP contribution is -2.49. The van der Waals surface area contributed by atoms with Gasteiger partial charge in [0.2, 0.25) is 5.91 Å². The number of carbonyl (C=O) groups is 1. The summed E-state index contributed by atoms with van der Waals surface area (Å²) < 4.78 is 21.2. The zero-order valence-corrected chi connectivity index (χ0v) is 26.6. The molecule has 5 N–H and O–H groups in total. The van der Waals surface area contributed by atoms with Gasteiger partial charge in [-0.25, -0.2) is 15.0 Å². The normalized spacial score (nSPS) is 27.9. The van der Waals surface area contributed by atoms with E-state index in [1.54, 1.807) is 6.33 Å². The second-order valence-electron chi connectivity index (χ2n) is 13.9. The second kappa shape index (κ2) is 11.6. The lowest BCUT2D eigenvalue weighted by molar-refractivity contribution is -0.199. The van der Waals surface area contributed by atoms with Crippen molar-refractivity contribution < 1.29 is 19.0 Å². The first-order valence-corrected chi connectivity index (χ1v) is 15.7. The lowest BCUT2D eigenvalue weighted by atomic mass is 9.76. The number of nitrogens with one attached hydrogen (secondary N) is 1. The third-order valence-corrected chi connectivity index (χ3v) is 9.31. The standard InChI is InChI=1S/C32H46N8O4/c1-7-39(20-12-18(13-20)8-11-24(41)38-22-10-9-19(14-21(22)33)31(2,3)4)15-23-26-27(44-32(5,6)43-26)30(42-23)40-17-37-25-28(34)35-16-36-29(25)40/h9-10,14,16-18,20,23,26-27,30H,7-8,11-13,15,33H2,1-6H3,(H,38,41)(H2,34,35,36)/t18?,20?,23-,26-,27-,30-/m1/s1. The number of hydrogen-bond acceptors (Lipinski definition) is 10. The molecule has 1 aromatic carbocycles. The van der Waals surface area contributed by atoms with Gasteiger partial charge >= 0.3 is 0 Å². The van der Waals surface area contributed by atoms with E-state index < -0.39 is 12.0 Å². The number of nitrogen functional groups attached to an aromatic ring is 2. The Morgan fingerprint density at radius 2 is 1.89 bits per heavy atom. The van der Waals surface area contributed by atoms with Gasteiger partial charge in [0.25, 0.3) is 0 Å². The zero-order chi connectivity index (χ0) is 31.4. The summed E-state index contributed by atoms with van der Waals surface area (Å²) in [5, 5.41) is 3.01. The minimum atomic E-state index is -0.724. The highest BCUT2D eigenvalue weighted by Gasteiger charge is 2.56. The third-order valence-electron chi connectivity index (χ3n) is 9.31. The first-order chi connectivity index (χ1) is 20.8. The molecule has 1 amide bonds. The number of carbonyl (C=O) groups excluding carboxylic acids is 1. The maximum Gasteiger partial charge on any atom is 0.224 e. The summed E-state index contributed by atoms with van der Waals surface area (Å²) in [5.74, 6) is 0.126. The highest BCUT2D eigenvalue weighted by atomic mass is 16.8. The number of fused-ring (bicyclic) bond motifs is 2. The smallest absolute Gasteiger partial charge is 0.224 e. The van der Waals surface area contributed by atoms with Crippen molar-refractivity contribution in [2.75, 3.05) is 29.9 Å². The Labute approximate surface area is 258 Å². The molecule has 12 nitrogen and oxygen atoms in total. The quantitative estimate of drug-likeness (QED) is 0.301. The van der Waals surface area contributed by atoms with Crippen LogP contribution in [0.25, 0.3) is 11.2 Å². The monoisotopic (exact) mass is 606 g/mol. The Hall–Kier alpha value is -3.32. The van der Waals surface area contributed by atoms with E-state index in [1.807, 2.05) is 36.6 Å². The highest BCUT2D eigenvalue weighted by Crippen LogP contribution is 2.45. The van der Waals surface area contributed by atoms with Crippen molar-refractivity contribution in [2.24, 2.45) is 5.92 Å². The second-order valence-corrected chi connectivity index (χ2v) is 13.9. The van der Waals surface area contributed by atoms with Crippen molar-refractivity contribution in [3.05, 3.63) is 36.4 Å². The van der Waals surface area contributed by atoms with Crippen LogP contribution in [0.2, 0.25) is 0 Å². The van der Waals surface area contributed by atoms with Crippen molar-refractivity contribution in [1.82, 2.24) is 24.4 Å². The summed E-state index contributed by atoms with van der Waals surface area (Å²) in [5.41, 5.74) is 15.9. The molecule has 3 fully saturated rings. The minimum Gasteiger partial charge on any atom is -0.397 e. The molecule has 44 heavy (non-hydrogen) atoms. The van der Waals surface area contributed by atoms with E-state index in [9.17, 15) is 4.79 Å². The van der Waals surface area contributed by atoms with Crippen molar-refractivity contribution in [2.45, 2.75) is 109 Å². The molecule has 3 aromatic rings. The molecule has 3 aliphatic rings. The molecule has 12 heteroatoms. The van der Waals surface area contributed by atoms with Crippen LogP contribution in [0.4, 0.5) is 17.2 Å². The van der Waals surface area contributed by atoms with Crippen LogP contribution < -0.4 is 16.8 Å². The molecule has 1 aliphatic carbocycles. The summed E-state index contributed by atoms with van der Waals surface area (Å²) in [6.07, 6.45) is 5.39. The molecule has 6 rings (SSSR count). The molecule has 0 spiro atoms. The van der Waals surface area contributed by atoms with Crippen LogP contribution in [0.15, 0.2) is 30.9 Å². The van der Waals surface area contributed by atoms with Gasteiger partial charge in [-0.3, -0.25) is 14.3 Å². The first kappa shape index (κ1) is 30.7. The predicted molar refractivity (Wildman–Crippen MR) is 169 cm³/mol. The van der Waals surface area contributed by atoms with Gasteiger partial charge in [0, 0.05) is 19.0 Å². The van der Waals surface area contributed by atoms with E-state index in [0.29, 0.717) is 46.7 Å². The predicted octanol–water partition coefficient (Wildman–Crippen LogP) is 4.23. The number of nitrogens with two attached hydrogens (primary N) is 2. The molecule has 4 heterocycles. The Morgan fingerprint density at radius 1 is 1.14 bits per heavy atom. The molecule has 0 bridgehead atoms. The maximum atomic E-state index is 12.7. The van der Waals surface area contributed by atoms with Crippen LogP contribution in [0.3, 0.4) is 0 Å². The number of nitrogens with zero attached hydrogens (tertiary/aromatic N) is 5. The summed E-state index contributed by atoms with van der Waals surface area (Å²) >= 11 is 0. The fourth-order valence-corrected chi connectivity index (χ4v) is 6.78. The summed E-state index contributed by atoms with van der Waals surface area (Å²) in [6.45, 7) is 14.1. The Kier molecular flexibility index (Phi) is 8.06. The van der Waals surface area contributed by atoms with E-state index in [1.165, 1.54) is 6.33 Å². The average Bonchev–Trinajstić information content (AvgIpc) is 3.59. The number of rotatable bonds is 9. The number of imidazole rings is 1. The van der Waals surface area contributed by atoms with Gasteiger partial charge in [-0.1, -0.05) is 33.8 Å². The number of benzene rings is 1. The Balaban J connectivity index is 1.04. The molecule has 1 saturated carbocycles. The topological polar surface area (TPSA) is 156 Å². The van der Waals surface area contributed by atoms with Crippen LogP contribution in [0.5, 0.6) is 0 Å². The summed E-state index contributed by atoms with van der Waals surface area (Å²) in [6, 6.07) is 6.33. The van der Waals surface area contributed by atoms with Crippen LogP contribution in [-0.4, -0.2) is 73.6 Å². The van der Waals surface area contributed by atoms with E-state index in [-0.39, 0.29) is 29.6 Å². The highest BCUT2D eigenvalue weighted by molar-refractivity contribution is 5.93. The van der Waals surface area contributed by atoms with E-state index in [4.69, 9.17) is 25.7 Å². The van der Waals surface area contributed by atoms with Gasteiger partial charge in [0.05, 0.1) is 17.7 Å². The first-order valence-electron chi connectivity index (χ1n) is 15.7. The van der Waals surface area contributed by atoms with Gasteiger partial charge in [-0.05, 0) is 68.7 Å². The average molecular weight is 607 g/mol. The third kappa shape index (κ3) is 6.00. The molecule has 0 unspecified atom stereocenters. The number of likely N-dealkylation sites (N-methyl/N-ethyl adjacent to an activating group) is 1. The molecule has 2 saturated heterocycles. The van der Waals surface area contributed by atoms with Gasteiger partial charge < -0.3 is 31.0 Å². The maximum absolute atomic E-state index is 12.7. The molecule has 2 aromatic heterocycles. The number of ether oxygens (including phenoxy) is 3. The molecule has 4 atom stereocenters. The van der Waals surface area contributed by atoms with Gasteiger partial charge in [-0.2, -0.15) is 0 Å². The van der Waals surface area contributed by atoms with Crippen molar-refractivity contribution >= 4 is 34.3 Å². The van der Waals surface area contributed by atoms with Crippen LogP contribution in [0.1, 0.15) is 79.0 Å². The van der Waals surface area contributed by atoms with Crippen LogP contribution in [-0.2, 0) is 24.4 Å². The molecule has 2 aliphatic heterocycles. The Bertz CT molecular complexity index is 1510. The molecule has 238 valence electrons. The summed E-state index contributed by atoms with van der Waals surface area (Å²) in [7, 11) is 0.